The molecule has 0 aliphatic rings. The molecule has 3 aromatic rings. The van der Waals surface area contributed by atoms with Gasteiger partial charge in [0.15, 0.2) is 0 Å². The molecule has 28 heavy (non-hydrogen) atoms. The van der Waals surface area contributed by atoms with Crippen molar-refractivity contribution in [2.75, 3.05) is 17.7 Å². The summed E-state index contributed by atoms with van der Waals surface area (Å²) in [5, 5.41) is 7.32. The fourth-order valence-corrected chi connectivity index (χ4v) is 4.03. The molecule has 2 amide bonds. The van der Waals surface area contributed by atoms with Crippen LogP contribution in [-0.4, -0.2) is 24.2 Å². The highest BCUT2D eigenvalue weighted by atomic mass is 32.2. The topological polar surface area (TPSA) is 67.4 Å². The van der Waals surface area contributed by atoms with E-state index in [1.54, 1.807) is 25.3 Å². The zero-order valence-electron chi connectivity index (χ0n) is 15.5. The molecule has 1 aromatic heterocycles. The van der Waals surface area contributed by atoms with Crippen LogP contribution in [0.1, 0.15) is 16.6 Å². The summed E-state index contributed by atoms with van der Waals surface area (Å²) in [4.78, 5) is 26.3. The smallest absolute Gasteiger partial charge is 0.265 e. The van der Waals surface area contributed by atoms with Crippen LogP contribution in [0.15, 0.2) is 70.9 Å². The molecule has 0 bridgehead atoms. The second-order valence-corrected chi connectivity index (χ2v) is 8.27. The van der Waals surface area contributed by atoms with Crippen molar-refractivity contribution in [3.63, 3.8) is 0 Å². The van der Waals surface area contributed by atoms with E-state index in [2.05, 4.69) is 10.6 Å². The highest BCUT2D eigenvalue weighted by Gasteiger charge is 2.16. The quantitative estimate of drug-likeness (QED) is 0.528. The molecule has 7 heteroatoms. The van der Waals surface area contributed by atoms with Crippen LogP contribution in [0.25, 0.3) is 0 Å². The van der Waals surface area contributed by atoms with Crippen LogP contribution in [0.4, 0.5) is 11.4 Å². The molecule has 144 valence electrons. The number of amides is 2. The standard InChI is InChI=1S/C21H20N2O3S2/c1-14(20(24)23-17-9-3-4-10-18(17)26-2)28-16-8-5-7-15(13-16)22-21(25)19-11-6-12-27-19/h3-14H,1-2H3,(H,22,25)(H,23,24). The van der Waals surface area contributed by atoms with E-state index in [1.165, 1.54) is 23.1 Å². The van der Waals surface area contributed by atoms with Gasteiger partial charge in [-0.1, -0.05) is 24.3 Å². The SMILES string of the molecule is COc1ccccc1NC(=O)C(C)Sc1cccc(NC(=O)c2cccs2)c1. The Balaban J connectivity index is 1.63. The minimum atomic E-state index is -0.326. The monoisotopic (exact) mass is 412 g/mol. The lowest BCUT2D eigenvalue weighted by molar-refractivity contribution is -0.115. The van der Waals surface area contributed by atoms with Gasteiger partial charge in [0, 0.05) is 10.6 Å². The number of anilines is 2. The first-order valence-corrected chi connectivity index (χ1v) is 10.4. The molecule has 0 saturated carbocycles. The van der Waals surface area contributed by atoms with Crippen LogP contribution >= 0.6 is 23.1 Å². The van der Waals surface area contributed by atoms with Crippen molar-refractivity contribution in [1.29, 1.82) is 0 Å². The van der Waals surface area contributed by atoms with Crippen LogP contribution in [-0.2, 0) is 4.79 Å². The number of hydrogen-bond acceptors (Lipinski definition) is 5. The molecule has 0 aliphatic heterocycles. The fraction of sp³-hybridized carbons (Fsp3) is 0.143. The van der Waals surface area contributed by atoms with Crippen LogP contribution in [0, 0.1) is 0 Å². The minimum Gasteiger partial charge on any atom is -0.495 e. The third-order valence-corrected chi connectivity index (χ3v) is 5.85. The lowest BCUT2D eigenvalue weighted by Crippen LogP contribution is -2.22. The Morgan fingerprint density at radius 2 is 1.86 bits per heavy atom. The normalized spacial score (nSPS) is 11.5. The molecule has 0 saturated heterocycles. The molecule has 0 spiro atoms. The molecular weight excluding hydrogens is 392 g/mol. The molecule has 5 nitrogen and oxygen atoms in total. The molecule has 0 fully saturated rings. The van der Waals surface area contributed by atoms with E-state index in [4.69, 9.17) is 4.74 Å². The summed E-state index contributed by atoms with van der Waals surface area (Å²) < 4.78 is 5.27. The van der Waals surface area contributed by atoms with E-state index < -0.39 is 0 Å². The van der Waals surface area contributed by atoms with Gasteiger partial charge in [0.1, 0.15) is 5.75 Å². The number of benzene rings is 2. The van der Waals surface area contributed by atoms with Gasteiger partial charge in [-0.3, -0.25) is 9.59 Å². The number of thiophene rings is 1. The number of nitrogens with one attached hydrogen (secondary N) is 2. The summed E-state index contributed by atoms with van der Waals surface area (Å²) in [5.74, 6) is 0.355. The Morgan fingerprint density at radius 1 is 1.04 bits per heavy atom. The Labute approximate surface area is 172 Å². The summed E-state index contributed by atoms with van der Waals surface area (Å²) in [6, 6.07) is 18.4. The van der Waals surface area contributed by atoms with Crippen molar-refractivity contribution in [2.45, 2.75) is 17.1 Å². The van der Waals surface area contributed by atoms with Crippen LogP contribution in [0.2, 0.25) is 0 Å². The van der Waals surface area contributed by atoms with Gasteiger partial charge in [-0.2, -0.15) is 0 Å². The molecule has 2 aromatic carbocycles. The van der Waals surface area contributed by atoms with E-state index >= 15 is 0 Å². The number of thioether (sulfide) groups is 1. The highest BCUT2D eigenvalue weighted by molar-refractivity contribution is 8.00. The Bertz CT molecular complexity index is 958. The summed E-state index contributed by atoms with van der Waals surface area (Å²) in [5.41, 5.74) is 1.33. The van der Waals surface area contributed by atoms with E-state index in [0.717, 1.165) is 4.90 Å². The Morgan fingerprint density at radius 3 is 2.61 bits per heavy atom. The van der Waals surface area contributed by atoms with Gasteiger partial charge in [0.25, 0.3) is 5.91 Å². The van der Waals surface area contributed by atoms with Gasteiger partial charge in [0.2, 0.25) is 5.91 Å². The van der Waals surface area contributed by atoms with Gasteiger partial charge in [-0.15, -0.1) is 23.1 Å². The van der Waals surface area contributed by atoms with Gasteiger partial charge < -0.3 is 15.4 Å². The summed E-state index contributed by atoms with van der Waals surface area (Å²) >= 11 is 2.81. The first-order valence-electron chi connectivity index (χ1n) is 8.62. The maximum atomic E-state index is 12.5. The number of rotatable bonds is 7. The average molecular weight is 413 g/mol. The van der Waals surface area contributed by atoms with Crippen molar-refractivity contribution in [1.82, 2.24) is 0 Å². The number of carbonyl (C=O) groups is 2. The molecule has 1 atom stereocenters. The van der Waals surface area contributed by atoms with Crippen LogP contribution in [0.3, 0.4) is 0 Å². The number of hydrogen-bond donors (Lipinski definition) is 2. The van der Waals surface area contributed by atoms with Gasteiger partial charge in [-0.05, 0) is 48.7 Å². The van der Waals surface area contributed by atoms with E-state index in [9.17, 15) is 9.59 Å². The second kappa shape index (κ2) is 9.43. The van der Waals surface area contributed by atoms with E-state index in [-0.39, 0.29) is 17.1 Å². The van der Waals surface area contributed by atoms with Gasteiger partial charge in [-0.25, -0.2) is 0 Å². The third-order valence-electron chi connectivity index (χ3n) is 3.88. The number of methoxy groups -OCH3 is 1. The van der Waals surface area contributed by atoms with Gasteiger partial charge >= 0.3 is 0 Å². The van der Waals surface area contributed by atoms with Crippen molar-refractivity contribution >= 4 is 46.3 Å². The molecule has 0 aliphatic carbocycles. The van der Waals surface area contributed by atoms with Crippen molar-refractivity contribution in [3.05, 3.63) is 70.9 Å². The van der Waals surface area contributed by atoms with E-state index in [1.807, 2.05) is 54.8 Å². The molecule has 0 radical (unpaired) electrons. The average Bonchev–Trinajstić information content (AvgIpc) is 3.23. The minimum absolute atomic E-state index is 0.123. The zero-order chi connectivity index (χ0) is 19.9. The molecular formula is C21H20N2O3S2. The lowest BCUT2D eigenvalue weighted by Gasteiger charge is -2.14. The zero-order valence-corrected chi connectivity index (χ0v) is 17.1. The molecule has 3 rings (SSSR count). The lowest BCUT2D eigenvalue weighted by atomic mass is 10.3. The van der Waals surface area contributed by atoms with Gasteiger partial charge in [0.05, 0.1) is 22.9 Å². The predicted octanol–water partition coefficient (Wildman–Crippen LogP) is 5.13. The maximum Gasteiger partial charge on any atom is 0.265 e. The van der Waals surface area contributed by atoms with Crippen LogP contribution in [0.5, 0.6) is 5.75 Å². The van der Waals surface area contributed by atoms with Crippen molar-refractivity contribution in [2.24, 2.45) is 0 Å². The van der Waals surface area contributed by atoms with Crippen molar-refractivity contribution in [3.8, 4) is 5.75 Å². The molecule has 2 N–H and O–H groups in total. The first-order chi connectivity index (χ1) is 13.6. The molecule has 1 heterocycles. The molecule has 1 unspecified atom stereocenters. The maximum absolute atomic E-state index is 12.5. The summed E-state index contributed by atoms with van der Waals surface area (Å²) in [6.45, 7) is 1.84. The summed E-state index contributed by atoms with van der Waals surface area (Å²) in [7, 11) is 1.57. The summed E-state index contributed by atoms with van der Waals surface area (Å²) in [6.07, 6.45) is 0. The fourth-order valence-electron chi connectivity index (χ4n) is 2.49. The number of carbonyl (C=O) groups excluding carboxylic acids is 2. The first kappa shape index (κ1) is 20.0. The van der Waals surface area contributed by atoms with Crippen LogP contribution < -0.4 is 15.4 Å². The Hall–Kier alpha value is -2.77. The number of ether oxygens (including phenoxy) is 1. The Kier molecular flexibility index (Phi) is 6.73. The predicted molar refractivity (Wildman–Crippen MR) is 116 cm³/mol. The largest absolute Gasteiger partial charge is 0.495 e. The van der Waals surface area contributed by atoms with E-state index in [0.29, 0.717) is 22.0 Å². The second-order valence-electron chi connectivity index (χ2n) is 5.91. The number of para-hydroxylation sites is 2. The third kappa shape index (κ3) is 5.15. The van der Waals surface area contributed by atoms with Crippen molar-refractivity contribution < 1.29 is 14.3 Å². The highest BCUT2D eigenvalue weighted by Crippen LogP contribution is 2.29.